The summed E-state index contributed by atoms with van der Waals surface area (Å²) in [7, 11) is 1.53. The van der Waals surface area contributed by atoms with Gasteiger partial charge in [0.1, 0.15) is 13.2 Å². The zero-order valence-electron chi connectivity index (χ0n) is 32.9. The lowest BCUT2D eigenvalue weighted by Crippen LogP contribution is -2.45. The van der Waals surface area contributed by atoms with Crippen LogP contribution in [0.2, 0.25) is 0 Å². The standard InChI is InChI=1S/C41H77N2O6P/c1-6-8-10-12-14-16-18-20-21-23-25-27-29-31-33-35-41(45)42-39(38-49-50(46,47)48-37-36-43(3,4)5)40(44)34-32-30-28-26-24-22-19-17-15-13-11-9-7-2/h15-18,24,26,32,34,39-40,44H,6-14,19-23,25,27-31,33,35-38H2,1-5H3,(H-,42,45,46,47)/p+1/b17-15+,18-16-,26-24+,34-32+. The first kappa shape index (κ1) is 48.5. The van der Waals surface area contributed by atoms with Crippen LogP contribution < -0.4 is 5.32 Å². The van der Waals surface area contributed by atoms with Crippen LogP contribution in [0.4, 0.5) is 0 Å². The van der Waals surface area contributed by atoms with Crippen molar-refractivity contribution in [2.24, 2.45) is 0 Å². The molecule has 8 nitrogen and oxygen atoms in total. The molecule has 0 aromatic carbocycles. The van der Waals surface area contributed by atoms with Gasteiger partial charge >= 0.3 is 7.82 Å². The molecule has 0 saturated heterocycles. The number of hydrogen-bond donors (Lipinski definition) is 3. The molecule has 0 fully saturated rings. The molecular formula is C41H78N2O6P+. The third-order valence-corrected chi connectivity index (χ3v) is 9.48. The third kappa shape index (κ3) is 34.9. The molecule has 0 aliphatic rings. The van der Waals surface area contributed by atoms with Crippen LogP contribution in [-0.4, -0.2) is 73.4 Å². The van der Waals surface area contributed by atoms with E-state index in [1.807, 2.05) is 27.2 Å². The normalized spacial score (nSPS) is 15.1. The zero-order chi connectivity index (χ0) is 37.2. The first-order valence-electron chi connectivity index (χ1n) is 20.0. The smallest absolute Gasteiger partial charge is 0.387 e. The van der Waals surface area contributed by atoms with E-state index in [1.165, 1.54) is 83.5 Å². The fraction of sp³-hybridized carbons (Fsp3) is 0.780. The van der Waals surface area contributed by atoms with Gasteiger partial charge in [-0.2, -0.15) is 0 Å². The minimum absolute atomic E-state index is 0.0514. The van der Waals surface area contributed by atoms with E-state index in [1.54, 1.807) is 6.08 Å². The second-order valence-corrected chi connectivity index (χ2v) is 16.1. The van der Waals surface area contributed by atoms with Crippen molar-refractivity contribution >= 4 is 13.7 Å². The van der Waals surface area contributed by atoms with E-state index in [-0.39, 0.29) is 19.1 Å². The lowest BCUT2D eigenvalue weighted by molar-refractivity contribution is -0.870. The predicted molar refractivity (Wildman–Crippen MR) is 212 cm³/mol. The Hall–Kier alpha value is -1.54. The number of likely N-dealkylation sites (N-methyl/N-ethyl adjacent to an activating group) is 1. The quantitative estimate of drug-likeness (QED) is 0.0260. The highest BCUT2D eigenvalue weighted by atomic mass is 31.2. The minimum Gasteiger partial charge on any atom is -0.387 e. The van der Waals surface area contributed by atoms with Crippen LogP contribution in [0, 0.1) is 0 Å². The summed E-state index contributed by atoms with van der Waals surface area (Å²) in [6, 6.07) is -0.869. The van der Waals surface area contributed by atoms with Crippen LogP contribution in [0.25, 0.3) is 0 Å². The van der Waals surface area contributed by atoms with E-state index in [2.05, 4.69) is 55.6 Å². The third-order valence-electron chi connectivity index (χ3n) is 8.50. The fourth-order valence-electron chi connectivity index (χ4n) is 5.24. The molecule has 292 valence electrons. The number of hydrogen-bond acceptors (Lipinski definition) is 5. The Bertz CT molecular complexity index is 959. The van der Waals surface area contributed by atoms with E-state index in [0.29, 0.717) is 17.4 Å². The average Bonchev–Trinajstić information content (AvgIpc) is 3.06. The molecule has 3 N–H and O–H groups in total. The predicted octanol–water partition coefficient (Wildman–Crippen LogP) is 10.5. The van der Waals surface area contributed by atoms with Crippen molar-refractivity contribution in [3.05, 3.63) is 48.6 Å². The van der Waals surface area contributed by atoms with Crippen LogP contribution in [0.15, 0.2) is 48.6 Å². The van der Waals surface area contributed by atoms with Crippen LogP contribution in [-0.2, 0) is 18.4 Å². The maximum absolute atomic E-state index is 12.8. The number of aliphatic hydroxyl groups excluding tert-OH is 1. The first-order valence-corrected chi connectivity index (χ1v) is 21.5. The summed E-state index contributed by atoms with van der Waals surface area (Å²) in [4.78, 5) is 23.0. The fourth-order valence-corrected chi connectivity index (χ4v) is 5.98. The number of nitrogens with one attached hydrogen (secondary N) is 1. The number of phosphoric ester groups is 1. The molecule has 0 aromatic heterocycles. The molecule has 0 aromatic rings. The van der Waals surface area contributed by atoms with E-state index >= 15 is 0 Å². The summed E-state index contributed by atoms with van der Waals surface area (Å²) >= 11 is 0. The highest BCUT2D eigenvalue weighted by Gasteiger charge is 2.27. The number of nitrogens with zero attached hydrogens (tertiary/aromatic N) is 1. The van der Waals surface area contributed by atoms with Crippen molar-refractivity contribution < 1.29 is 32.9 Å². The number of allylic oxidation sites excluding steroid dienone is 7. The summed E-state index contributed by atoms with van der Waals surface area (Å²) in [6.45, 7) is 4.71. The summed E-state index contributed by atoms with van der Waals surface area (Å²) in [5, 5.41) is 13.7. The Kier molecular flexibility index (Phi) is 32.3. The number of carbonyl (C=O) groups excluding carboxylic acids is 1. The van der Waals surface area contributed by atoms with Crippen molar-refractivity contribution in [1.29, 1.82) is 0 Å². The number of rotatable bonds is 35. The van der Waals surface area contributed by atoms with Crippen LogP contribution in [0.1, 0.15) is 155 Å². The number of quaternary nitrogens is 1. The Morgan fingerprint density at radius 1 is 0.660 bits per heavy atom. The maximum atomic E-state index is 12.8. The van der Waals surface area contributed by atoms with Crippen molar-refractivity contribution in [2.45, 2.75) is 167 Å². The Morgan fingerprint density at radius 3 is 1.64 bits per heavy atom. The van der Waals surface area contributed by atoms with Gasteiger partial charge in [0.25, 0.3) is 0 Å². The van der Waals surface area contributed by atoms with E-state index in [4.69, 9.17) is 9.05 Å². The van der Waals surface area contributed by atoms with Gasteiger partial charge in [0.15, 0.2) is 0 Å². The molecule has 0 saturated carbocycles. The average molecular weight is 726 g/mol. The van der Waals surface area contributed by atoms with Crippen molar-refractivity contribution in [1.82, 2.24) is 5.32 Å². The molecule has 9 heteroatoms. The van der Waals surface area contributed by atoms with Crippen LogP contribution in [0.3, 0.4) is 0 Å². The summed E-state index contributed by atoms with van der Waals surface area (Å²) in [5.74, 6) is -0.200. The second-order valence-electron chi connectivity index (χ2n) is 14.6. The number of amides is 1. The Balaban J connectivity index is 4.58. The number of aliphatic hydroxyl groups is 1. The molecule has 50 heavy (non-hydrogen) atoms. The maximum Gasteiger partial charge on any atom is 0.472 e. The summed E-state index contributed by atoms with van der Waals surface area (Å²) in [6.07, 6.45) is 40.3. The van der Waals surface area contributed by atoms with Crippen LogP contribution >= 0.6 is 7.82 Å². The molecule has 1 amide bonds. The lowest BCUT2D eigenvalue weighted by Gasteiger charge is -2.25. The van der Waals surface area contributed by atoms with Gasteiger partial charge in [0, 0.05) is 6.42 Å². The molecule has 0 aliphatic heterocycles. The molecule has 3 unspecified atom stereocenters. The largest absolute Gasteiger partial charge is 0.472 e. The topological polar surface area (TPSA) is 105 Å². The zero-order valence-corrected chi connectivity index (χ0v) is 33.8. The van der Waals surface area contributed by atoms with E-state index < -0.39 is 20.0 Å². The van der Waals surface area contributed by atoms with Gasteiger partial charge in [-0.05, 0) is 70.6 Å². The van der Waals surface area contributed by atoms with Gasteiger partial charge in [-0.3, -0.25) is 13.8 Å². The van der Waals surface area contributed by atoms with Gasteiger partial charge in [-0.1, -0.05) is 127 Å². The highest BCUT2D eigenvalue weighted by Crippen LogP contribution is 2.43. The lowest BCUT2D eigenvalue weighted by atomic mass is 10.1. The molecule has 0 radical (unpaired) electrons. The minimum atomic E-state index is -4.34. The molecule has 0 bridgehead atoms. The summed E-state index contributed by atoms with van der Waals surface area (Å²) < 4.78 is 23.4. The molecule has 0 spiro atoms. The number of unbranched alkanes of at least 4 members (excludes halogenated alkanes) is 16. The highest BCUT2D eigenvalue weighted by molar-refractivity contribution is 7.47. The molecule has 3 atom stereocenters. The van der Waals surface area contributed by atoms with Crippen molar-refractivity contribution in [3.8, 4) is 0 Å². The van der Waals surface area contributed by atoms with Crippen LogP contribution in [0.5, 0.6) is 0 Å². The van der Waals surface area contributed by atoms with Gasteiger partial charge in [0.05, 0.1) is 39.9 Å². The SMILES string of the molecule is CCCCC/C=C/CC/C=C/CC/C=C/C(O)C(COP(=O)(O)OCC[N+](C)(C)C)NC(=O)CCCCCCCCC/C=C\CCCCCC. The molecule has 0 heterocycles. The van der Waals surface area contributed by atoms with Gasteiger partial charge in [-0.25, -0.2) is 4.57 Å². The first-order chi connectivity index (χ1) is 24.0. The van der Waals surface area contributed by atoms with E-state index in [9.17, 15) is 19.4 Å². The van der Waals surface area contributed by atoms with Crippen molar-refractivity contribution in [2.75, 3.05) is 40.9 Å². The van der Waals surface area contributed by atoms with Gasteiger partial charge in [-0.15, -0.1) is 0 Å². The Morgan fingerprint density at radius 2 is 1.10 bits per heavy atom. The molecule has 0 rings (SSSR count). The van der Waals surface area contributed by atoms with Gasteiger partial charge < -0.3 is 19.8 Å². The van der Waals surface area contributed by atoms with E-state index in [0.717, 1.165) is 51.4 Å². The second kappa shape index (κ2) is 33.3. The monoisotopic (exact) mass is 726 g/mol. The molecular weight excluding hydrogens is 647 g/mol. The number of carbonyl (C=O) groups is 1. The number of phosphoric acid groups is 1. The summed E-state index contributed by atoms with van der Waals surface area (Å²) in [5.41, 5.74) is 0. The van der Waals surface area contributed by atoms with Crippen molar-refractivity contribution in [3.63, 3.8) is 0 Å². The Labute approximate surface area is 308 Å². The molecule has 0 aliphatic carbocycles. The van der Waals surface area contributed by atoms with Gasteiger partial charge in [0.2, 0.25) is 5.91 Å².